The van der Waals surface area contributed by atoms with Gasteiger partial charge in [-0.1, -0.05) is 5.16 Å². The van der Waals surface area contributed by atoms with Gasteiger partial charge >= 0.3 is 0 Å². The van der Waals surface area contributed by atoms with Gasteiger partial charge in [0.05, 0.1) is 13.2 Å². The van der Waals surface area contributed by atoms with E-state index >= 15 is 0 Å². The minimum Gasteiger partial charge on any atom is -0.497 e. The molecule has 1 aromatic carbocycles. The number of piperidine rings is 1. The summed E-state index contributed by atoms with van der Waals surface area (Å²) in [6.07, 6.45) is 4.42. The van der Waals surface area contributed by atoms with Gasteiger partial charge in [0.2, 0.25) is 5.89 Å². The Balaban J connectivity index is 1.48. The van der Waals surface area contributed by atoms with Crippen LogP contribution < -0.4 is 4.74 Å². The zero-order valence-corrected chi connectivity index (χ0v) is 15.0. The molecule has 1 atom stereocenters. The van der Waals surface area contributed by atoms with Crippen LogP contribution in [0.2, 0.25) is 0 Å². The van der Waals surface area contributed by atoms with Gasteiger partial charge in [-0.15, -0.1) is 0 Å². The molecule has 6 nitrogen and oxygen atoms in total. The van der Waals surface area contributed by atoms with Gasteiger partial charge < -0.3 is 14.2 Å². The van der Waals surface area contributed by atoms with Gasteiger partial charge in [0, 0.05) is 17.1 Å². The summed E-state index contributed by atoms with van der Waals surface area (Å²) in [7, 11) is 1.71. The second kappa shape index (κ2) is 6.52. The lowest BCUT2D eigenvalue weighted by Crippen LogP contribution is -2.35. The highest BCUT2D eigenvalue weighted by molar-refractivity contribution is 5.85. The maximum absolute atomic E-state index is 5.39. The van der Waals surface area contributed by atoms with E-state index < -0.39 is 0 Å². The first-order valence-corrected chi connectivity index (χ1v) is 8.85. The summed E-state index contributed by atoms with van der Waals surface area (Å²) in [5.74, 6) is 2.89. The van der Waals surface area contributed by atoms with Crippen LogP contribution in [-0.4, -0.2) is 40.2 Å². The number of aryl methyl sites for hydroxylation is 1. The van der Waals surface area contributed by atoms with E-state index in [2.05, 4.69) is 45.3 Å². The van der Waals surface area contributed by atoms with Gasteiger partial charge in [-0.05, 0) is 69.5 Å². The molecule has 0 bridgehead atoms. The number of rotatable bonds is 4. The van der Waals surface area contributed by atoms with Crippen molar-refractivity contribution in [1.29, 1.82) is 0 Å². The summed E-state index contributed by atoms with van der Waals surface area (Å²) in [6.45, 7) is 6.06. The largest absolute Gasteiger partial charge is 0.497 e. The van der Waals surface area contributed by atoms with Crippen molar-refractivity contribution in [3.63, 3.8) is 0 Å². The molecule has 4 rings (SSSR count). The van der Waals surface area contributed by atoms with Crippen molar-refractivity contribution in [2.75, 3.05) is 20.2 Å². The molecular formula is C19H24N4O2. The number of ether oxygens (including phenoxy) is 1. The van der Waals surface area contributed by atoms with Crippen molar-refractivity contribution >= 4 is 10.9 Å². The molecular weight excluding hydrogens is 316 g/mol. The molecule has 1 N–H and O–H groups in total. The highest BCUT2D eigenvalue weighted by Gasteiger charge is 2.28. The molecule has 0 spiro atoms. The van der Waals surface area contributed by atoms with Crippen molar-refractivity contribution in [2.45, 2.75) is 38.6 Å². The molecule has 1 aliphatic heterocycles. The fourth-order valence-corrected chi connectivity index (χ4v) is 3.82. The Bertz CT molecular complexity index is 861. The summed E-state index contributed by atoms with van der Waals surface area (Å²) < 4.78 is 10.7. The number of methoxy groups -OCH3 is 1. The van der Waals surface area contributed by atoms with Crippen LogP contribution in [0.3, 0.4) is 0 Å². The minimum absolute atomic E-state index is 0.171. The number of nitrogens with one attached hydrogen (secondary N) is 1. The Morgan fingerprint density at radius 1 is 1.32 bits per heavy atom. The standard InChI is InChI=1S/C19H24N4O2/c1-12(19-21-13(2)22-25-19)23-8-6-14(7-9-23)17-11-20-18-5-4-15(24-3)10-16(17)18/h4-5,10-12,14,20H,6-9H2,1-3H3/t12-/m1/s1. The van der Waals surface area contributed by atoms with Crippen molar-refractivity contribution in [3.8, 4) is 5.75 Å². The van der Waals surface area contributed by atoms with Crippen LogP contribution in [0.1, 0.15) is 49.0 Å². The first-order valence-electron chi connectivity index (χ1n) is 8.85. The number of nitrogens with zero attached hydrogens (tertiary/aromatic N) is 3. The number of likely N-dealkylation sites (tertiary alicyclic amines) is 1. The van der Waals surface area contributed by atoms with Crippen LogP contribution in [0, 0.1) is 6.92 Å². The number of benzene rings is 1. The molecule has 3 aromatic rings. The van der Waals surface area contributed by atoms with Gasteiger partial charge in [0.25, 0.3) is 0 Å². The van der Waals surface area contributed by atoms with E-state index in [4.69, 9.17) is 9.26 Å². The third kappa shape index (κ3) is 3.02. The summed E-state index contributed by atoms with van der Waals surface area (Å²) in [5, 5.41) is 5.19. The molecule has 1 saturated heterocycles. The molecule has 0 radical (unpaired) electrons. The highest BCUT2D eigenvalue weighted by atomic mass is 16.5. The zero-order chi connectivity index (χ0) is 17.4. The van der Waals surface area contributed by atoms with Gasteiger partial charge in [-0.3, -0.25) is 4.90 Å². The second-order valence-electron chi connectivity index (χ2n) is 6.82. The van der Waals surface area contributed by atoms with E-state index in [0.29, 0.717) is 17.6 Å². The summed E-state index contributed by atoms with van der Waals surface area (Å²) >= 11 is 0. The first-order chi connectivity index (χ1) is 12.2. The van der Waals surface area contributed by atoms with Crippen LogP contribution in [0.4, 0.5) is 0 Å². The van der Waals surface area contributed by atoms with Crippen LogP contribution in [0.25, 0.3) is 10.9 Å². The van der Waals surface area contributed by atoms with Gasteiger partial charge in [-0.25, -0.2) is 0 Å². The summed E-state index contributed by atoms with van der Waals surface area (Å²) in [5.41, 5.74) is 2.57. The topological polar surface area (TPSA) is 67.2 Å². The normalized spacial score (nSPS) is 17.9. The van der Waals surface area contributed by atoms with Crippen molar-refractivity contribution in [3.05, 3.63) is 41.7 Å². The quantitative estimate of drug-likeness (QED) is 0.782. The van der Waals surface area contributed by atoms with Gasteiger partial charge in [0.15, 0.2) is 5.82 Å². The molecule has 0 unspecified atom stereocenters. The molecule has 2 aromatic heterocycles. The van der Waals surface area contributed by atoms with E-state index in [1.807, 2.05) is 13.0 Å². The van der Waals surface area contributed by atoms with Crippen LogP contribution in [0.5, 0.6) is 5.75 Å². The predicted octanol–water partition coefficient (Wildman–Crippen LogP) is 3.81. The van der Waals surface area contributed by atoms with Crippen molar-refractivity contribution in [2.24, 2.45) is 0 Å². The Morgan fingerprint density at radius 2 is 2.12 bits per heavy atom. The average molecular weight is 340 g/mol. The zero-order valence-electron chi connectivity index (χ0n) is 15.0. The van der Waals surface area contributed by atoms with Crippen LogP contribution >= 0.6 is 0 Å². The second-order valence-corrected chi connectivity index (χ2v) is 6.82. The Labute approximate surface area is 147 Å². The molecule has 3 heterocycles. The maximum Gasteiger partial charge on any atom is 0.243 e. The van der Waals surface area contributed by atoms with E-state index in [0.717, 1.165) is 31.7 Å². The summed E-state index contributed by atoms with van der Waals surface area (Å²) in [6, 6.07) is 6.40. The smallest absolute Gasteiger partial charge is 0.243 e. The Morgan fingerprint density at radius 3 is 2.80 bits per heavy atom. The third-order valence-corrected chi connectivity index (χ3v) is 5.34. The minimum atomic E-state index is 0.171. The molecule has 0 aliphatic carbocycles. The molecule has 6 heteroatoms. The number of aromatic nitrogens is 3. The van der Waals surface area contributed by atoms with Crippen molar-refractivity contribution < 1.29 is 9.26 Å². The average Bonchev–Trinajstić information content (AvgIpc) is 3.27. The molecule has 1 fully saturated rings. The van der Waals surface area contributed by atoms with E-state index in [1.165, 1.54) is 16.5 Å². The molecule has 132 valence electrons. The monoisotopic (exact) mass is 340 g/mol. The van der Waals surface area contributed by atoms with Gasteiger partial charge in [0.1, 0.15) is 5.75 Å². The number of aromatic amines is 1. The molecule has 1 aliphatic rings. The highest BCUT2D eigenvalue weighted by Crippen LogP contribution is 2.36. The molecule has 0 saturated carbocycles. The third-order valence-electron chi connectivity index (χ3n) is 5.34. The number of hydrogen-bond acceptors (Lipinski definition) is 5. The summed E-state index contributed by atoms with van der Waals surface area (Å²) in [4.78, 5) is 10.2. The SMILES string of the molecule is COc1ccc2[nH]cc(C3CCN([C@H](C)c4nc(C)no4)CC3)c2c1. The van der Waals surface area contributed by atoms with Crippen molar-refractivity contribution in [1.82, 2.24) is 20.0 Å². The first kappa shape index (κ1) is 16.1. The van der Waals surface area contributed by atoms with E-state index in [-0.39, 0.29) is 6.04 Å². The fraction of sp³-hybridized carbons (Fsp3) is 0.474. The molecule has 25 heavy (non-hydrogen) atoms. The maximum atomic E-state index is 5.39. The lowest BCUT2D eigenvalue weighted by molar-refractivity contribution is 0.136. The number of H-pyrrole nitrogens is 1. The van der Waals surface area contributed by atoms with E-state index in [9.17, 15) is 0 Å². The lowest BCUT2D eigenvalue weighted by Gasteiger charge is -2.34. The molecule has 0 amide bonds. The van der Waals surface area contributed by atoms with Crippen LogP contribution in [-0.2, 0) is 0 Å². The van der Waals surface area contributed by atoms with Gasteiger partial charge in [-0.2, -0.15) is 4.98 Å². The Hall–Kier alpha value is -2.34. The fourth-order valence-electron chi connectivity index (χ4n) is 3.82. The van der Waals surface area contributed by atoms with E-state index in [1.54, 1.807) is 7.11 Å². The number of fused-ring (bicyclic) bond motifs is 1. The Kier molecular flexibility index (Phi) is 4.21. The lowest BCUT2D eigenvalue weighted by atomic mass is 9.88. The predicted molar refractivity (Wildman–Crippen MR) is 95.8 cm³/mol. The van der Waals surface area contributed by atoms with Crippen LogP contribution in [0.15, 0.2) is 28.9 Å². The number of hydrogen-bond donors (Lipinski definition) is 1.